The lowest BCUT2D eigenvalue weighted by molar-refractivity contribution is -0.126. The Morgan fingerprint density at radius 2 is 2.26 bits per heavy atom. The van der Waals surface area contributed by atoms with Gasteiger partial charge in [0.1, 0.15) is 5.76 Å². The third-order valence-electron chi connectivity index (χ3n) is 3.48. The maximum Gasteiger partial charge on any atom is 0.258 e. The highest BCUT2D eigenvalue weighted by Gasteiger charge is 2.32. The van der Waals surface area contributed by atoms with Crippen LogP contribution in [0.1, 0.15) is 37.9 Å². The summed E-state index contributed by atoms with van der Waals surface area (Å²) in [7, 11) is 0. The summed E-state index contributed by atoms with van der Waals surface area (Å²) in [4.78, 5) is 11.8. The van der Waals surface area contributed by atoms with Crippen molar-refractivity contribution in [2.45, 2.75) is 44.6 Å². The number of hydrogen-bond donors (Lipinski definition) is 2. The fraction of sp³-hybridized carbons (Fsp3) is 0.692. The van der Waals surface area contributed by atoms with Gasteiger partial charge >= 0.3 is 0 Å². The van der Waals surface area contributed by atoms with Gasteiger partial charge in [0.25, 0.3) is 11.8 Å². The molecule has 1 fully saturated rings. The van der Waals surface area contributed by atoms with Crippen LogP contribution in [0.25, 0.3) is 0 Å². The van der Waals surface area contributed by atoms with Crippen LogP contribution < -0.4 is 10.1 Å². The topological polar surface area (TPSA) is 84.6 Å². The van der Waals surface area contributed by atoms with E-state index in [0.717, 1.165) is 32.1 Å². The molecule has 19 heavy (non-hydrogen) atoms. The van der Waals surface area contributed by atoms with Crippen molar-refractivity contribution in [3.05, 3.63) is 11.8 Å². The SMILES string of the molecule is Cc1cc(OCC(=O)NC2(CO)CCCCC2)no1. The van der Waals surface area contributed by atoms with Gasteiger partial charge in [-0.3, -0.25) is 4.79 Å². The lowest BCUT2D eigenvalue weighted by Gasteiger charge is -2.36. The van der Waals surface area contributed by atoms with Crippen molar-refractivity contribution in [1.82, 2.24) is 10.5 Å². The maximum absolute atomic E-state index is 11.8. The average Bonchev–Trinajstić information content (AvgIpc) is 2.83. The number of hydrogen-bond acceptors (Lipinski definition) is 5. The normalized spacial score (nSPS) is 18.0. The van der Waals surface area contributed by atoms with Crippen molar-refractivity contribution in [2.24, 2.45) is 0 Å². The zero-order valence-corrected chi connectivity index (χ0v) is 11.1. The second-order valence-corrected chi connectivity index (χ2v) is 5.11. The van der Waals surface area contributed by atoms with E-state index in [1.165, 1.54) is 0 Å². The number of aryl methyl sites for hydroxylation is 1. The van der Waals surface area contributed by atoms with Crippen LogP contribution in [0.5, 0.6) is 5.88 Å². The van der Waals surface area contributed by atoms with Gasteiger partial charge in [-0.25, -0.2) is 0 Å². The summed E-state index contributed by atoms with van der Waals surface area (Å²) in [5.41, 5.74) is -0.474. The Hall–Kier alpha value is -1.56. The number of ether oxygens (including phenoxy) is 1. The Morgan fingerprint density at radius 1 is 1.53 bits per heavy atom. The first-order chi connectivity index (χ1) is 9.13. The third-order valence-corrected chi connectivity index (χ3v) is 3.48. The number of nitrogens with one attached hydrogen (secondary N) is 1. The first kappa shape index (κ1) is 13.9. The van der Waals surface area contributed by atoms with Gasteiger partial charge in [0, 0.05) is 6.07 Å². The second kappa shape index (κ2) is 6.06. The molecule has 1 amide bonds. The Bertz CT molecular complexity index is 424. The van der Waals surface area contributed by atoms with E-state index in [1.54, 1.807) is 13.0 Å². The highest BCUT2D eigenvalue weighted by atomic mass is 16.5. The molecule has 0 saturated heterocycles. The molecule has 1 aliphatic carbocycles. The monoisotopic (exact) mass is 268 g/mol. The van der Waals surface area contributed by atoms with E-state index >= 15 is 0 Å². The minimum Gasteiger partial charge on any atom is -0.465 e. The summed E-state index contributed by atoms with van der Waals surface area (Å²) in [5.74, 6) is 0.695. The number of carbonyl (C=O) groups excluding carboxylic acids is 1. The van der Waals surface area contributed by atoms with Crippen LogP contribution in [0.3, 0.4) is 0 Å². The van der Waals surface area contributed by atoms with Gasteiger partial charge in [0.2, 0.25) is 0 Å². The molecule has 2 N–H and O–H groups in total. The summed E-state index contributed by atoms with van der Waals surface area (Å²) < 4.78 is 10.1. The number of amides is 1. The Balaban J connectivity index is 1.82. The van der Waals surface area contributed by atoms with Gasteiger partial charge in [0.05, 0.1) is 12.1 Å². The van der Waals surface area contributed by atoms with Crippen molar-refractivity contribution in [2.75, 3.05) is 13.2 Å². The quantitative estimate of drug-likeness (QED) is 0.837. The van der Waals surface area contributed by atoms with Gasteiger partial charge in [-0.05, 0) is 24.9 Å². The van der Waals surface area contributed by atoms with Gasteiger partial charge in [-0.2, -0.15) is 0 Å². The first-order valence-corrected chi connectivity index (χ1v) is 6.62. The van der Waals surface area contributed by atoms with Crippen LogP contribution >= 0.6 is 0 Å². The molecule has 6 nitrogen and oxygen atoms in total. The van der Waals surface area contributed by atoms with Crippen LogP contribution in [0.2, 0.25) is 0 Å². The zero-order chi connectivity index (χ0) is 13.7. The lowest BCUT2D eigenvalue weighted by Crippen LogP contribution is -2.53. The number of carbonyl (C=O) groups is 1. The summed E-state index contributed by atoms with van der Waals surface area (Å²) in [6.45, 7) is 1.61. The number of nitrogens with zero attached hydrogens (tertiary/aromatic N) is 1. The first-order valence-electron chi connectivity index (χ1n) is 6.62. The van der Waals surface area contributed by atoms with Crippen LogP contribution in [-0.2, 0) is 4.79 Å². The molecular formula is C13H20N2O4. The number of rotatable bonds is 5. The highest BCUT2D eigenvalue weighted by molar-refractivity contribution is 5.78. The van der Waals surface area contributed by atoms with Crippen LogP contribution in [0.4, 0.5) is 0 Å². The van der Waals surface area contributed by atoms with Crippen LogP contribution in [-0.4, -0.2) is 34.9 Å². The number of aliphatic hydroxyl groups excluding tert-OH is 1. The molecule has 0 unspecified atom stereocenters. The third kappa shape index (κ3) is 3.70. The minimum absolute atomic E-state index is 0.0260. The predicted molar refractivity (Wildman–Crippen MR) is 67.8 cm³/mol. The predicted octanol–water partition coefficient (Wildman–Crippen LogP) is 1.17. The molecule has 106 valence electrons. The molecule has 1 aliphatic rings. The zero-order valence-electron chi connectivity index (χ0n) is 11.1. The van der Waals surface area contributed by atoms with Crippen molar-refractivity contribution in [3.63, 3.8) is 0 Å². The van der Waals surface area contributed by atoms with Crippen molar-refractivity contribution >= 4 is 5.91 Å². The Morgan fingerprint density at radius 3 is 2.84 bits per heavy atom. The minimum atomic E-state index is -0.474. The maximum atomic E-state index is 11.8. The van der Waals surface area contributed by atoms with E-state index in [4.69, 9.17) is 9.26 Å². The Labute approximate surface area is 112 Å². The number of aliphatic hydroxyl groups is 1. The summed E-state index contributed by atoms with van der Waals surface area (Å²) >= 11 is 0. The molecule has 6 heteroatoms. The largest absolute Gasteiger partial charge is 0.465 e. The molecule has 2 rings (SSSR count). The highest BCUT2D eigenvalue weighted by Crippen LogP contribution is 2.27. The molecule has 1 heterocycles. The molecule has 0 radical (unpaired) electrons. The van der Waals surface area contributed by atoms with Gasteiger partial charge in [-0.15, -0.1) is 0 Å². The van der Waals surface area contributed by atoms with E-state index in [2.05, 4.69) is 10.5 Å². The van der Waals surface area contributed by atoms with Crippen molar-refractivity contribution < 1.29 is 19.2 Å². The van der Waals surface area contributed by atoms with Crippen molar-refractivity contribution in [3.8, 4) is 5.88 Å². The second-order valence-electron chi connectivity index (χ2n) is 5.11. The molecule has 0 aromatic carbocycles. The van der Waals surface area contributed by atoms with Gasteiger partial charge in [0.15, 0.2) is 6.61 Å². The van der Waals surface area contributed by atoms with E-state index in [0.29, 0.717) is 11.6 Å². The molecule has 1 aromatic rings. The summed E-state index contributed by atoms with van der Waals surface area (Å²) in [6, 6.07) is 1.62. The average molecular weight is 268 g/mol. The summed E-state index contributed by atoms with van der Waals surface area (Å²) in [6.07, 6.45) is 4.86. The van der Waals surface area contributed by atoms with Crippen LogP contribution in [0.15, 0.2) is 10.6 Å². The molecular weight excluding hydrogens is 248 g/mol. The molecule has 1 saturated carbocycles. The van der Waals surface area contributed by atoms with Crippen LogP contribution in [0, 0.1) is 6.92 Å². The van der Waals surface area contributed by atoms with E-state index in [9.17, 15) is 9.90 Å². The number of aromatic nitrogens is 1. The molecule has 1 aromatic heterocycles. The van der Waals surface area contributed by atoms with Crippen molar-refractivity contribution in [1.29, 1.82) is 0 Å². The molecule has 0 aliphatic heterocycles. The van der Waals surface area contributed by atoms with E-state index in [1.807, 2.05) is 0 Å². The molecule has 0 atom stereocenters. The van der Waals surface area contributed by atoms with E-state index in [-0.39, 0.29) is 19.1 Å². The van der Waals surface area contributed by atoms with E-state index < -0.39 is 5.54 Å². The summed E-state index contributed by atoms with van der Waals surface area (Å²) in [5, 5.41) is 16.0. The fourth-order valence-electron chi connectivity index (χ4n) is 2.43. The lowest BCUT2D eigenvalue weighted by atomic mass is 9.82. The Kier molecular flexibility index (Phi) is 4.42. The van der Waals surface area contributed by atoms with Gasteiger partial charge in [-0.1, -0.05) is 19.3 Å². The fourth-order valence-corrected chi connectivity index (χ4v) is 2.43. The smallest absolute Gasteiger partial charge is 0.258 e. The molecule has 0 bridgehead atoms. The van der Waals surface area contributed by atoms with Gasteiger partial charge < -0.3 is 19.7 Å². The standard InChI is InChI=1S/C13H20N2O4/c1-10-7-12(15-19-10)18-8-11(17)14-13(9-16)5-3-2-4-6-13/h7,16H,2-6,8-9H2,1H3,(H,14,17). The molecule has 0 spiro atoms.